The fourth-order valence-corrected chi connectivity index (χ4v) is 0.879. The van der Waals surface area contributed by atoms with Gasteiger partial charge in [0, 0.05) is 12.6 Å². The lowest BCUT2D eigenvalue weighted by Crippen LogP contribution is -2.16. The van der Waals surface area contributed by atoms with Crippen molar-refractivity contribution in [2.45, 2.75) is 25.6 Å². The smallest absolute Gasteiger partial charge is 0.114 e. The molecule has 1 rings (SSSR count). The van der Waals surface area contributed by atoms with E-state index < -0.39 is 6.17 Å². The van der Waals surface area contributed by atoms with Crippen LogP contribution in [0.15, 0.2) is 0 Å². The van der Waals surface area contributed by atoms with E-state index in [2.05, 4.69) is 5.32 Å². The fourth-order valence-electron chi connectivity index (χ4n) is 0.879. The Morgan fingerprint density at radius 1 is 1.71 bits per heavy atom. The molecule has 0 aromatic rings. The molecule has 2 heteroatoms. The maximum absolute atomic E-state index is 12.1. The number of nitrogens with one attached hydrogen (secondary N) is 1. The van der Waals surface area contributed by atoms with Crippen molar-refractivity contribution < 1.29 is 4.39 Å². The van der Waals surface area contributed by atoms with Crippen LogP contribution >= 0.6 is 0 Å². The van der Waals surface area contributed by atoms with E-state index in [0.29, 0.717) is 19.0 Å². The van der Waals surface area contributed by atoms with Gasteiger partial charge in [0.2, 0.25) is 0 Å². The van der Waals surface area contributed by atoms with Gasteiger partial charge in [-0.05, 0) is 13.3 Å². The van der Waals surface area contributed by atoms with Crippen molar-refractivity contribution in [2.24, 2.45) is 0 Å². The molecule has 7 heavy (non-hydrogen) atoms. The molecule has 0 amide bonds. The number of hydrogen-bond acceptors (Lipinski definition) is 1. The van der Waals surface area contributed by atoms with Crippen LogP contribution in [0.5, 0.6) is 0 Å². The lowest BCUT2D eigenvalue weighted by atomic mass is 10.2. The van der Waals surface area contributed by atoms with E-state index in [1.807, 2.05) is 6.92 Å². The fraction of sp³-hybridized carbons (Fsp3) is 1.00. The summed E-state index contributed by atoms with van der Waals surface area (Å²) < 4.78 is 12.1. The van der Waals surface area contributed by atoms with E-state index >= 15 is 0 Å². The lowest BCUT2D eigenvalue weighted by Gasteiger charge is -1.94. The van der Waals surface area contributed by atoms with Crippen LogP contribution in [0, 0.1) is 0 Å². The average Bonchev–Trinajstić information content (AvgIpc) is 1.87. The van der Waals surface area contributed by atoms with Gasteiger partial charge in [-0.2, -0.15) is 0 Å². The van der Waals surface area contributed by atoms with Gasteiger partial charge >= 0.3 is 0 Å². The van der Waals surface area contributed by atoms with Crippen LogP contribution in [0.2, 0.25) is 0 Å². The standard InChI is InChI=1S/C5H10FN/c1-4-2-5(6)3-7-4/h4-5,7H,2-3H2,1H3/t4-,5-/m1/s1. The predicted molar refractivity (Wildman–Crippen MR) is 27.0 cm³/mol. The predicted octanol–water partition coefficient (Wildman–Crippen LogP) is 0.706. The summed E-state index contributed by atoms with van der Waals surface area (Å²) in [6, 6.07) is 0.398. The molecule has 0 radical (unpaired) electrons. The number of hydrogen-bond donors (Lipinski definition) is 1. The Kier molecular flexibility index (Phi) is 1.28. The van der Waals surface area contributed by atoms with E-state index in [4.69, 9.17) is 0 Å². The second-order valence-corrected chi connectivity index (χ2v) is 2.14. The van der Waals surface area contributed by atoms with Crippen molar-refractivity contribution in [3.63, 3.8) is 0 Å². The van der Waals surface area contributed by atoms with E-state index in [1.54, 1.807) is 0 Å². The Morgan fingerprint density at radius 3 is 2.57 bits per heavy atom. The highest BCUT2D eigenvalue weighted by molar-refractivity contribution is 4.76. The topological polar surface area (TPSA) is 12.0 Å². The van der Waals surface area contributed by atoms with Crippen LogP contribution in [-0.2, 0) is 0 Å². The van der Waals surface area contributed by atoms with Crippen molar-refractivity contribution in [1.29, 1.82) is 0 Å². The summed E-state index contributed by atoms with van der Waals surface area (Å²) >= 11 is 0. The largest absolute Gasteiger partial charge is 0.311 e. The monoisotopic (exact) mass is 103 g/mol. The summed E-state index contributed by atoms with van der Waals surface area (Å²) in [5, 5.41) is 2.99. The maximum Gasteiger partial charge on any atom is 0.114 e. The molecule has 42 valence electrons. The highest BCUT2D eigenvalue weighted by atomic mass is 19.1. The molecule has 2 atom stereocenters. The summed E-state index contributed by atoms with van der Waals surface area (Å²) in [5.74, 6) is 0. The quantitative estimate of drug-likeness (QED) is 0.476. The lowest BCUT2D eigenvalue weighted by molar-refractivity contribution is 0.357. The third-order valence-electron chi connectivity index (χ3n) is 1.30. The third kappa shape index (κ3) is 1.13. The molecule has 1 aliphatic rings. The van der Waals surface area contributed by atoms with Gasteiger partial charge < -0.3 is 5.32 Å². The van der Waals surface area contributed by atoms with Gasteiger partial charge in [-0.1, -0.05) is 0 Å². The maximum atomic E-state index is 12.1. The molecule has 1 nitrogen and oxygen atoms in total. The van der Waals surface area contributed by atoms with Gasteiger partial charge in [0.1, 0.15) is 6.17 Å². The first-order valence-electron chi connectivity index (χ1n) is 2.66. The molecule has 0 spiro atoms. The molecular weight excluding hydrogens is 93.1 g/mol. The van der Waals surface area contributed by atoms with Gasteiger partial charge in [-0.3, -0.25) is 0 Å². The Hall–Kier alpha value is -0.110. The molecule has 0 aromatic carbocycles. The summed E-state index contributed by atoms with van der Waals surface area (Å²) in [6.45, 7) is 2.56. The molecular formula is C5H10FN. The highest BCUT2D eigenvalue weighted by Gasteiger charge is 2.18. The number of halogens is 1. The zero-order valence-electron chi connectivity index (χ0n) is 4.45. The summed E-state index contributed by atoms with van der Waals surface area (Å²) in [6.07, 6.45) is 0.106. The van der Waals surface area contributed by atoms with Crippen LogP contribution in [0.3, 0.4) is 0 Å². The second-order valence-electron chi connectivity index (χ2n) is 2.14. The summed E-state index contributed by atoms with van der Waals surface area (Å²) in [4.78, 5) is 0. The van der Waals surface area contributed by atoms with Crippen molar-refractivity contribution in [2.75, 3.05) is 6.54 Å². The summed E-state index contributed by atoms with van der Waals surface area (Å²) in [5.41, 5.74) is 0. The Bertz CT molecular complexity index is 57.1. The van der Waals surface area contributed by atoms with Crippen LogP contribution in [0.25, 0.3) is 0 Å². The number of alkyl halides is 1. The van der Waals surface area contributed by atoms with Crippen LogP contribution < -0.4 is 5.32 Å². The van der Waals surface area contributed by atoms with Crippen LogP contribution in [0.4, 0.5) is 4.39 Å². The third-order valence-corrected chi connectivity index (χ3v) is 1.30. The van der Waals surface area contributed by atoms with Crippen LogP contribution in [0.1, 0.15) is 13.3 Å². The van der Waals surface area contributed by atoms with Gasteiger partial charge in [0.25, 0.3) is 0 Å². The molecule has 0 aromatic heterocycles. The molecule has 1 aliphatic heterocycles. The van der Waals surface area contributed by atoms with Gasteiger partial charge in [0.05, 0.1) is 0 Å². The molecule has 1 N–H and O–H groups in total. The Labute approximate surface area is 42.9 Å². The second kappa shape index (κ2) is 1.78. The zero-order valence-corrected chi connectivity index (χ0v) is 4.45. The van der Waals surface area contributed by atoms with E-state index in [1.165, 1.54) is 0 Å². The van der Waals surface area contributed by atoms with E-state index in [9.17, 15) is 4.39 Å². The molecule has 1 heterocycles. The minimum Gasteiger partial charge on any atom is -0.311 e. The average molecular weight is 103 g/mol. The Morgan fingerprint density at radius 2 is 2.43 bits per heavy atom. The molecule has 1 fully saturated rings. The minimum atomic E-state index is -0.588. The molecule has 0 unspecified atom stereocenters. The highest BCUT2D eigenvalue weighted by Crippen LogP contribution is 2.07. The first-order valence-corrected chi connectivity index (χ1v) is 2.66. The van der Waals surface area contributed by atoms with Crippen molar-refractivity contribution in [3.05, 3.63) is 0 Å². The first kappa shape index (κ1) is 5.04. The van der Waals surface area contributed by atoms with Crippen molar-refractivity contribution >= 4 is 0 Å². The van der Waals surface area contributed by atoms with Crippen LogP contribution in [-0.4, -0.2) is 18.8 Å². The summed E-state index contributed by atoms with van der Waals surface area (Å²) in [7, 11) is 0. The zero-order chi connectivity index (χ0) is 5.28. The van der Waals surface area contributed by atoms with E-state index in [-0.39, 0.29) is 0 Å². The van der Waals surface area contributed by atoms with Crippen molar-refractivity contribution in [1.82, 2.24) is 5.32 Å². The Balaban J connectivity index is 2.26. The minimum absolute atomic E-state index is 0.398. The first-order chi connectivity index (χ1) is 3.29. The normalized spacial score (nSPS) is 42.0. The van der Waals surface area contributed by atoms with Gasteiger partial charge in [0.15, 0.2) is 0 Å². The van der Waals surface area contributed by atoms with Gasteiger partial charge in [-0.15, -0.1) is 0 Å². The molecule has 0 bridgehead atoms. The molecule has 0 saturated carbocycles. The molecule has 0 aliphatic carbocycles. The molecule has 1 saturated heterocycles. The van der Waals surface area contributed by atoms with Crippen molar-refractivity contribution in [3.8, 4) is 0 Å². The van der Waals surface area contributed by atoms with Gasteiger partial charge in [-0.25, -0.2) is 4.39 Å². The SMILES string of the molecule is C[C@@H]1C[C@@H](F)CN1. The number of rotatable bonds is 0. The van der Waals surface area contributed by atoms with E-state index in [0.717, 1.165) is 0 Å².